The van der Waals surface area contributed by atoms with E-state index in [1.807, 2.05) is 0 Å². The minimum absolute atomic E-state index is 0.0484. The quantitative estimate of drug-likeness (QED) is 0.0379. The number of aliphatic carboxylic acids is 1. The first-order valence-electron chi connectivity index (χ1n) is 19.6. The van der Waals surface area contributed by atoms with Gasteiger partial charge >= 0.3 is 11.9 Å². The van der Waals surface area contributed by atoms with Crippen molar-refractivity contribution < 1.29 is 38.2 Å². The van der Waals surface area contributed by atoms with Gasteiger partial charge in [0.15, 0.2) is 6.10 Å². The van der Waals surface area contributed by atoms with Crippen molar-refractivity contribution in [2.45, 2.75) is 193 Å². The Labute approximate surface area is 289 Å². The zero-order chi connectivity index (χ0) is 35.0. The van der Waals surface area contributed by atoms with Crippen LogP contribution in [0.1, 0.15) is 181 Å². The van der Waals surface area contributed by atoms with Gasteiger partial charge in [-0.15, -0.1) is 0 Å². The zero-order valence-electron chi connectivity index (χ0n) is 31.5. The van der Waals surface area contributed by atoms with Crippen LogP contribution in [0, 0.1) is 0 Å². The van der Waals surface area contributed by atoms with Gasteiger partial charge in [-0.25, -0.2) is 0 Å². The van der Waals surface area contributed by atoms with Crippen molar-refractivity contribution in [2.75, 3.05) is 41.0 Å². The Morgan fingerprint density at radius 1 is 0.553 bits per heavy atom. The van der Waals surface area contributed by atoms with Gasteiger partial charge in [0, 0.05) is 19.3 Å². The largest absolute Gasteiger partial charge is 0.544 e. The number of likely N-dealkylation sites (N-methyl/N-ethyl adjacent to an activating group) is 1. The molecule has 47 heavy (non-hydrogen) atoms. The normalized spacial score (nSPS) is 13.0. The van der Waals surface area contributed by atoms with Crippen LogP contribution in [0.4, 0.5) is 0 Å². The van der Waals surface area contributed by atoms with Crippen LogP contribution >= 0.6 is 0 Å². The molecule has 2 atom stereocenters. The van der Waals surface area contributed by atoms with Gasteiger partial charge in [-0.05, 0) is 12.8 Å². The molecule has 0 fully saturated rings. The summed E-state index contributed by atoms with van der Waals surface area (Å²) in [5.41, 5.74) is 0. The summed E-state index contributed by atoms with van der Waals surface area (Å²) in [6.45, 7) is 4.66. The van der Waals surface area contributed by atoms with Crippen molar-refractivity contribution in [3.8, 4) is 0 Å². The first-order valence-corrected chi connectivity index (χ1v) is 19.6. The van der Waals surface area contributed by atoms with Gasteiger partial charge in [0.1, 0.15) is 12.6 Å². The number of carboxylic acid groups (broad SMARTS) is 1. The monoisotopic (exact) mass is 670 g/mol. The molecular weight excluding hydrogens is 594 g/mol. The van der Waals surface area contributed by atoms with E-state index in [9.17, 15) is 19.5 Å². The van der Waals surface area contributed by atoms with E-state index >= 15 is 0 Å². The maximum absolute atomic E-state index is 12.6. The number of carbonyl (C=O) groups is 3. The second kappa shape index (κ2) is 31.6. The van der Waals surface area contributed by atoms with E-state index in [-0.39, 0.29) is 42.7 Å². The van der Waals surface area contributed by atoms with E-state index in [1.165, 1.54) is 109 Å². The lowest BCUT2D eigenvalue weighted by molar-refractivity contribution is -0.889. The Bertz CT molecular complexity index is 752. The van der Waals surface area contributed by atoms with Gasteiger partial charge in [0.25, 0.3) is 0 Å². The Morgan fingerprint density at radius 2 is 0.936 bits per heavy atom. The van der Waals surface area contributed by atoms with Crippen molar-refractivity contribution in [3.05, 3.63) is 0 Å². The molecule has 2 unspecified atom stereocenters. The Kier molecular flexibility index (Phi) is 30.5. The van der Waals surface area contributed by atoms with Gasteiger partial charge in [0.2, 0.25) is 0 Å². The van der Waals surface area contributed by atoms with Gasteiger partial charge in [0.05, 0.1) is 40.3 Å². The summed E-state index contributed by atoms with van der Waals surface area (Å²) in [5, 5.41) is 11.6. The van der Waals surface area contributed by atoms with Crippen molar-refractivity contribution >= 4 is 17.9 Å². The number of ether oxygens (including phenoxy) is 3. The molecule has 0 aliphatic rings. The van der Waals surface area contributed by atoms with Crippen LogP contribution in [0.3, 0.4) is 0 Å². The second-order valence-electron chi connectivity index (χ2n) is 14.5. The molecule has 0 saturated heterocycles. The third-order valence-electron chi connectivity index (χ3n) is 8.99. The van der Waals surface area contributed by atoms with Crippen molar-refractivity contribution in [3.63, 3.8) is 0 Å². The lowest BCUT2D eigenvalue weighted by atomic mass is 10.0. The van der Waals surface area contributed by atoms with Gasteiger partial charge < -0.3 is 28.6 Å². The fraction of sp³-hybridized carbons (Fsp3) is 0.923. The van der Waals surface area contributed by atoms with Crippen LogP contribution < -0.4 is 5.11 Å². The molecular formula is C39H75NO7. The number of nitrogens with zero attached hydrogens (tertiary/aromatic N) is 1. The van der Waals surface area contributed by atoms with Crippen LogP contribution in [0.15, 0.2) is 0 Å². The first-order chi connectivity index (χ1) is 22.6. The molecule has 0 saturated carbocycles. The van der Waals surface area contributed by atoms with E-state index in [0.29, 0.717) is 12.8 Å². The predicted molar refractivity (Wildman–Crippen MR) is 190 cm³/mol. The summed E-state index contributed by atoms with van der Waals surface area (Å²) in [6, 6.07) is -0.717. The van der Waals surface area contributed by atoms with Crippen LogP contribution in [0.5, 0.6) is 0 Å². The molecule has 0 rings (SSSR count). The SMILES string of the molecule is CCCCCCCCCCCCCCC(=O)OC(COCCC(C(=O)[O-])[N+](C)(C)C)COC(=O)CCCCCCCCCCCCC. The lowest BCUT2D eigenvalue weighted by Crippen LogP contribution is -2.55. The molecule has 0 amide bonds. The van der Waals surface area contributed by atoms with E-state index < -0.39 is 18.1 Å². The number of hydrogen-bond donors (Lipinski definition) is 0. The molecule has 8 heteroatoms. The summed E-state index contributed by atoms with van der Waals surface area (Å²) in [7, 11) is 5.40. The van der Waals surface area contributed by atoms with Crippen molar-refractivity contribution in [1.82, 2.24) is 0 Å². The highest BCUT2D eigenvalue weighted by molar-refractivity contribution is 5.70. The van der Waals surface area contributed by atoms with Crippen LogP contribution in [0.25, 0.3) is 0 Å². The fourth-order valence-electron chi connectivity index (χ4n) is 5.89. The zero-order valence-corrected chi connectivity index (χ0v) is 31.5. The molecule has 0 spiro atoms. The molecule has 0 aliphatic heterocycles. The number of quaternary nitrogens is 1. The number of carbonyl (C=O) groups excluding carboxylic acids is 3. The summed E-state index contributed by atoms with van der Waals surface area (Å²) in [6.07, 6.45) is 28.3. The minimum atomic E-state index is -1.12. The molecule has 0 aliphatic carbocycles. The topological polar surface area (TPSA) is 102 Å². The van der Waals surface area contributed by atoms with E-state index in [0.717, 1.165) is 38.5 Å². The standard InChI is InChI=1S/C39H75NO7/c1-6-8-10-12-14-16-18-20-22-24-26-28-30-38(42)47-35(33-45-32-31-36(39(43)44)40(3,4)5)34-46-37(41)29-27-25-23-21-19-17-15-13-11-9-7-2/h35-36H,6-34H2,1-5H3. The third kappa shape index (κ3) is 30.1. The van der Waals surface area contributed by atoms with Crippen molar-refractivity contribution in [2.24, 2.45) is 0 Å². The van der Waals surface area contributed by atoms with Crippen LogP contribution in [-0.2, 0) is 28.6 Å². The first kappa shape index (κ1) is 45.3. The molecule has 0 N–H and O–H groups in total. The summed E-state index contributed by atoms with van der Waals surface area (Å²) >= 11 is 0. The van der Waals surface area contributed by atoms with Crippen LogP contribution in [0.2, 0.25) is 0 Å². The Morgan fingerprint density at radius 3 is 1.32 bits per heavy atom. The van der Waals surface area contributed by atoms with E-state index in [1.54, 1.807) is 21.1 Å². The average Bonchev–Trinajstić information content (AvgIpc) is 3.01. The number of carboxylic acids is 1. The molecule has 0 radical (unpaired) electrons. The Hall–Kier alpha value is -1.67. The van der Waals surface area contributed by atoms with Gasteiger partial charge in [-0.1, -0.05) is 149 Å². The highest BCUT2D eigenvalue weighted by Gasteiger charge is 2.25. The number of hydrogen-bond acceptors (Lipinski definition) is 7. The maximum atomic E-state index is 12.6. The smallest absolute Gasteiger partial charge is 0.306 e. The third-order valence-corrected chi connectivity index (χ3v) is 8.99. The molecule has 0 aromatic heterocycles. The molecule has 0 aromatic rings. The maximum Gasteiger partial charge on any atom is 0.306 e. The van der Waals surface area contributed by atoms with Gasteiger partial charge in [-0.3, -0.25) is 9.59 Å². The summed E-state index contributed by atoms with van der Waals surface area (Å²) in [4.78, 5) is 36.6. The molecule has 278 valence electrons. The number of unbranched alkanes of at least 4 members (excludes halogenated alkanes) is 21. The summed E-state index contributed by atoms with van der Waals surface area (Å²) < 4.78 is 17.1. The minimum Gasteiger partial charge on any atom is -0.544 e. The highest BCUT2D eigenvalue weighted by atomic mass is 16.6. The van der Waals surface area contributed by atoms with Crippen molar-refractivity contribution in [1.29, 1.82) is 0 Å². The van der Waals surface area contributed by atoms with Gasteiger partial charge in [-0.2, -0.15) is 0 Å². The lowest BCUT2D eigenvalue weighted by Gasteiger charge is -2.34. The van der Waals surface area contributed by atoms with Crippen LogP contribution in [-0.4, -0.2) is 75.5 Å². The second-order valence-corrected chi connectivity index (χ2v) is 14.5. The number of esters is 2. The Balaban J connectivity index is 4.39. The van der Waals surface area contributed by atoms with E-state index in [2.05, 4.69) is 13.8 Å². The highest BCUT2D eigenvalue weighted by Crippen LogP contribution is 2.15. The molecule has 0 bridgehead atoms. The predicted octanol–water partition coefficient (Wildman–Crippen LogP) is 8.47. The van der Waals surface area contributed by atoms with E-state index in [4.69, 9.17) is 14.2 Å². The molecule has 8 nitrogen and oxygen atoms in total. The molecule has 0 heterocycles. The number of rotatable bonds is 35. The molecule has 0 aromatic carbocycles. The average molecular weight is 670 g/mol. The fourth-order valence-corrected chi connectivity index (χ4v) is 5.89. The summed E-state index contributed by atoms with van der Waals surface area (Å²) in [5.74, 6) is -1.72.